The summed E-state index contributed by atoms with van der Waals surface area (Å²) in [6.45, 7) is 6.22. The van der Waals surface area contributed by atoms with Crippen LogP contribution in [0, 0.1) is 47.4 Å². The molecule has 10 heteroatoms. The van der Waals surface area contributed by atoms with Crippen LogP contribution in [0.2, 0.25) is 0 Å². The first-order valence-corrected chi connectivity index (χ1v) is 22.9. The standard InChI is InChI=1S/C58H64N2O8/c1-61-33-37-65-29-25-53-43-51(19-11-47-13-21-57(59)22-14-47)55(27-31-67-39-35-63-3)41-49(53)17-9-45-5-7-46(8-6-45)10-18-50-42-56(28-32-68-40-36-64-4)52(20-12-48-15-23-58(60)24-16-48)44-54(50)26-30-66-38-34-62-2/h5-8,13-16,21-24,41-44H,25-40,59-60H2,1-4H3. The van der Waals surface area contributed by atoms with Crippen LogP contribution < -0.4 is 11.5 Å². The Labute approximate surface area is 403 Å². The maximum absolute atomic E-state index is 5.93. The molecule has 0 aliphatic heterocycles. The second-order valence-corrected chi connectivity index (χ2v) is 15.6. The largest absolute Gasteiger partial charge is 0.399 e. The number of nitrogens with two attached hydrogens (primary N) is 2. The molecule has 5 rings (SSSR count). The van der Waals surface area contributed by atoms with Crippen LogP contribution in [0.25, 0.3) is 0 Å². The van der Waals surface area contributed by atoms with Crippen molar-refractivity contribution in [2.45, 2.75) is 25.7 Å². The van der Waals surface area contributed by atoms with Crippen LogP contribution in [0.1, 0.15) is 66.8 Å². The van der Waals surface area contributed by atoms with E-state index in [1.165, 1.54) is 0 Å². The predicted molar refractivity (Wildman–Crippen MR) is 271 cm³/mol. The molecule has 0 heterocycles. The highest BCUT2D eigenvalue weighted by Crippen LogP contribution is 2.21. The minimum atomic E-state index is 0.509. The first-order chi connectivity index (χ1) is 33.4. The van der Waals surface area contributed by atoms with Gasteiger partial charge in [0.2, 0.25) is 0 Å². The molecule has 10 nitrogen and oxygen atoms in total. The van der Waals surface area contributed by atoms with Crippen molar-refractivity contribution in [1.82, 2.24) is 0 Å². The average Bonchev–Trinajstić information content (AvgIpc) is 3.35. The highest BCUT2D eigenvalue weighted by Gasteiger charge is 2.11. The minimum Gasteiger partial charge on any atom is -0.399 e. The molecular formula is C58H64N2O8. The Morgan fingerprint density at radius 1 is 0.294 bits per heavy atom. The van der Waals surface area contributed by atoms with Gasteiger partial charge >= 0.3 is 0 Å². The first kappa shape index (κ1) is 52.6. The van der Waals surface area contributed by atoms with Gasteiger partial charge in [0.1, 0.15) is 0 Å². The normalized spacial score (nSPS) is 10.5. The van der Waals surface area contributed by atoms with Gasteiger partial charge in [-0.05, 0) is 145 Å². The summed E-state index contributed by atoms with van der Waals surface area (Å²) in [5.74, 6) is 27.2. The monoisotopic (exact) mass is 916 g/mol. The molecular weight excluding hydrogens is 853 g/mol. The molecule has 5 aromatic rings. The summed E-state index contributed by atoms with van der Waals surface area (Å²) >= 11 is 0. The predicted octanol–water partition coefficient (Wildman–Crippen LogP) is 7.27. The number of nitrogen functional groups attached to an aromatic ring is 2. The molecule has 0 atom stereocenters. The second kappa shape index (κ2) is 30.8. The Bertz CT molecular complexity index is 2380. The zero-order chi connectivity index (χ0) is 48.0. The summed E-state index contributed by atoms with van der Waals surface area (Å²) in [5.41, 5.74) is 24.6. The maximum Gasteiger partial charge on any atom is 0.0700 e. The molecule has 5 aromatic carbocycles. The van der Waals surface area contributed by atoms with Gasteiger partial charge in [0.05, 0.1) is 79.3 Å². The second-order valence-electron chi connectivity index (χ2n) is 15.6. The third-order valence-corrected chi connectivity index (χ3v) is 10.5. The number of anilines is 2. The molecule has 0 aromatic heterocycles. The van der Waals surface area contributed by atoms with Gasteiger partial charge in [0.25, 0.3) is 0 Å². The van der Waals surface area contributed by atoms with Gasteiger partial charge < -0.3 is 49.4 Å². The Morgan fingerprint density at radius 3 is 0.735 bits per heavy atom. The van der Waals surface area contributed by atoms with Crippen molar-refractivity contribution >= 4 is 11.4 Å². The Hall–Kier alpha value is -6.38. The number of ether oxygens (including phenoxy) is 8. The van der Waals surface area contributed by atoms with Crippen molar-refractivity contribution < 1.29 is 37.9 Å². The van der Waals surface area contributed by atoms with Crippen molar-refractivity contribution in [2.75, 3.05) is 119 Å². The SMILES string of the molecule is COCCOCCc1cc(C#Cc2ccc(C#Cc3cc(CCOCCOC)c(C#Cc4ccc(N)cc4)cc3CCOCCOC)cc2)c(CCOCCOC)cc1C#Cc1ccc(N)cc1. The fourth-order valence-electron chi connectivity index (χ4n) is 6.71. The summed E-state index contributed by atoms with van der Waals surface area (Å²) in [6.07, 6.45) is 2.63. The molecule has 0 spiro atoms. The van der Waals surface area contributed by atoms with E-state index in [1.807, 2.05) is 72.8 Å². The number of benzene rings is 5. The average molecular weight is 917 g/mol. The van der Waals surface area contributed by atoms with E-state index < -0.39 is 0 Å². The van der Waals surface area contributed by atoms with E-state index >= 15 is 0 Å². The number of rotatable bonds is 24. The Balaban J connectivity index is 1.45. The van der Waals surface area contributed by atoms with Gasteiger partial charge in [-0.2, -0.15) is 0 Å². The molecule has 0 radical (unpaired) electrons. The van der Waals surface area contributed by atoms with Gasteiger partial charge in [0, 0.05) is 84.3 Å². The minimum absolute atomic E-state index is 0.509. The third-order valence-electron chi connectivity index (χ3n) is 10.5. The summed E-state index contributed by atoms with van der Waals surface area (Å²) in [6, 6.07) is 31.7. The van der Waals surface area contributed by atoms with Crippen LogP contribution in [0.4, 0.5) is 11.4 Å². The van der Waals surface area contributed by atoms with Gasteiger partial charge in [-0.15, -0.1) is 0 Å². The van der Waals surface area contributed by atoms with Crippen molar-refractivity contribution in [2.24, 2.45) is 0 Å². The molecule has 0 bridgehead atoms. The van der Waals surface area contributed by atoms with Gasteiger partial charge in [-0.3, -0.25) is 0 Å². The number of hydrogen-bond acceptors (Lipinski definition) is 10. The molecule has 0 unspecified atom stereocenters. The first-order valence-electron chi connectivity index (χ1n) is 22.9. The van der Waals surface area contributed by atoms with E-state index in [0.717, 1.165) is 66.8 Å². The Morgan fingerprint density at radius 2 is 0.515 bits per heavy atom. The van der Waals surface area contributed by atoms with Gasteiger partial charge in [-0.1, -0.05) is 47.4 Å². The topological polar surface area (TPSA) is 126 Å². The molecule has 0 fully saturated rings. The quantitative estimate of drug-likeness (QED) is 0.0371. The van der Waals surface area contributed by atoms with Crippen LogP contribution in [0.15, 0.2) is 97.1 Å². The highest BCUT2D eigenvalue weighted by atomic mass is 16.5. The molecule has 0 aliphatic rings. The van der Waals surface area contributed by atoms with E-state index in [1.54, 1.807) is 28.4 Å². The van der Waals surface area contributed by atoms with E-state index in [4.69, 9.17) is 49.4 Å². The smallest absolute Gasteiger partial charge is 0.0700 e. The van der Waals surface area contributed by atoms with Crippen molar-refractivity contribution in [1.29, 1.82) is 0 Å². The van der Waals surface area contributed by atoms with Crippen LogP contribution in [-0.2, 0) is 63.6 Å². The third kappa shape index (κ3) is 19.1. The van der Waals surface area contributed by atoms with Crippen LogP contribution in [0.5, 0.6) is 0 Å². The van der Waals surface area contributed by atoms with Crippen molar-refractivity contribution in [3.63, 3.8) is 0 Å². The lowest BCUT2D eigenvalue weighted by molar-refractivity contribution is 0.0720. The molecule has 4 N–H and O–H groups in total. The fraction of sp³-hybridized carbons (Fsp3) is 0.345. The van der Waals surface area contributed by atoms with Gasteiger partial charge in [-0.25, -0.2) is 0 Å². The van der Waals surface area contributed by atoms with E-state index in [0.29, 0.717) is 116 Å². The lowest BCUT2D eigenvalue weighted by atomic mass is 9.94. The van der Waals surface area contributed by atoms with E-state index in [2.05, 4.69) is 71.6 Å². The maximum atomic E-state index is 5.93. The molecule has 0 saturated carbocycles. The zero-order valence-electron chi connectivity index (χ0n) is 40.0. The summed E-state index contributed by atoms with van der Waals surface area (Å²) in [7, 11) is 6.66. The van der Waals surface area contributed by atoms with Crippen LogP contribution in [-0.4, -0.2) is 108 Å². The summed E-state index contributed by atoms with van der Waals surface area (Å²) in [5, 5.41) is 0. The van der Waals surface area contributed by atoms with Crippen LogP contribution in [0.3, 0.4) is 0 Å². The van der Waals surface area contributed by atoms with E-state index in [9.17, 15) is 0 Å². The molecule has 354 valence electrons. The molecule has 0 amide bonds. The Kier molecular flexibility index (Phi) is 23.8. The zero-order valence-corrected chi connectivity index (χ0v) is 40.0. The van der Waals surface area contributed by atoms with Crippen molar-refractivity contribution in [3.05, 3.63) is 164 Å². The van der Waals surface area contributed by atoms with Crippen molar-refractivity contribution in [3.8, 4) is 47.4 Å². The summed E-state index contributed by atoms with van der Waals surface area (Å²) < 4.78 is 44.3. The number of hydrogen-bond donors (Lipinski definition) is 2. The fourth-order valence-corrected chi connectivity index (χ4v) is 6.71. The lowest BCUT2D eigenvalue weighted by Crippen LogP contribution is -2.08. The molecule has 0 saturated heterocycles. The van der Waals surface area contributed by atoms with Gasteiger partial charge in [0.15, 0.2) is 0 Å². The molecule has 68 heavy (non-hydrogen) atoms. The number of methoxy groups -OCH3 is 4. The van der Waals surface area contributed by atoms with E-state index in [-0.39, 0.29) is 0 Å². The highest BCUT2D eigenvalue weighted by molar-refractivity contribution is 5.58. The van der Waals surface area contributed by atoms with Crippen LogP contribution >= 0.6 is 0 Å². The lowest BCUT2D eigenvalue weighted by Gasteiger charge is -2.12. The molecule has 0 aliphatic carbocycles. The summed E-state index contributed by atoms with van der Waals surface area (Å²) in [4.78, 5) is 0.